The zero-order valence-corrected chi connectivity index (χ0v) is 15.1. The van der Waals surface area contributed by atoms with E-state index in [-0.39, 0.29) is 0 Å². The molecule has 5 heteroatoms. The number of hydrogen-bond acceptors (Lipinski definition) is 4. The van der Waals surface area contributed by atoms with Gasteiger partial charge in [0, 0.05) is 43.6 Å². The van der Waals surface area contributed by atoms with Crippen LogP contribution in [0.2, 0.25) is 0 Å². The van der Waals surface area contributed by atoms with Crippen LogP contribution in [0.15, 0.2) is 18.5 Å². The molecule has 1 aliphatic carbocycles. The molecular weight excluding hydrogens is 310 g/mol. The van der Waals surface area contributed by atoms with Crippen molar-refractivity contribution in [2.75, 3.05) is 18.0 Å². The molecular formula is C20H25N5. The van der Waals surface area contributed by atoms with Gasteiger partial charge in [-0.2, -0.15) is 5.26 Å². The molecule has 4 rings (SSSR count). The molecule has 1 saturated carbocycles. The van der Waals surface area contributed by atoms with Crippen LogP contribution in [0.5, 0.6) is 0 Å². The first-order valence-electron chi connectivity index (χ1n) is 9.30. The van der Waals surface area contributed by atoms with Gasteiger partial charge in [-0.1, -0.05) is 0 Å². The van der Waals surface area contributed by atoms with Crippen molar-refractivity contribution in [3.63, 3.8) is 0 Å². The summed E-state index contributed by atoms with van der Waals surface area (Å²) in [5.74, 6) is 3.32. The molecule has 1 saturated heterocycles. The predicted molar refractivity (Wildman–Crippen MR) is 97.6 cm³/mol. The molecule has 0 spiro atoms. The van der Waals surface area contributed by atoms with Gasteiger partial charge in [0.05, 0.1) is 5.56 Å². The van der Waals surface area contributed by atoms with Crippen molar-refractivity contribution in [2.45, 2.75) is 52.0 Å². The fourth-order valence-electron chi connectivity index (χ4n) is 3.98. The number of nitrogens with zero attached hydrogens (tertiary/aromatic N) is 5. The molecule has 1 atom stereocenters. The van der Waals surface area contributed by atoms with E-state index in [0.29, 0.717) is 11.5 Å². The third-order valence-electron chi connectivity index (χ3n) is 5.42. The average Bonchev–Trinajstić information content (AvgIpc) is 3.29. The lowest BCUT2D eigenvalue weighted by Crippen LogP contribution is -2.36. The van der Waals surface area contributed by atoms with Gasteiger partial charge >= 0.3 is 0 Å². The third kappa shape index (κ3) is 3.26. The molecule has 25 heavy (non-hydrogen) atoms. The Morgan fingerprint density at radius 1 is 1.28 bits per heavy atom. The lowest BCUT2D eigenvalue weighted by Gasteiger charge is -2.34. The maximum atomic E-state index is 9.59. The fourth-order valence-corrected chi connectivity index (χ4v) is 3.98. The predicted octanol–water partition coefficient (Wildman–Crippen LogP) is 3.56. The van der Waals surface area contributed by atoms with Gasteiger partial charge < -0.3 is 9.47 Å². The lowest BCUT2D eigenvalue weighted by atomic mass is 9.96. The Bertz CT molecular complexity index is 812. The van der Waals surface area contributed by atoms with Gasteiger partial charge in [0.15, 0.2) is 0 Å². The molecule has 2 aromatic rings. The van der Waals surface area contributed by atoms with Gasteiger partial charge in [-0.05, 0) is 57.1 Å². The quantitative estimate of drug-likeness (QED) is 0.857. The van der Waals surface area contributed by atoms with Crippen molar-refractivity contribution in [2.24, 2.45) is 5.92 Å². The minimum atomic E-state index is 0.414. The average molecular weight is 335 g/mol. The van der Waals surface area contributed by atoms with E-state index in [0.717, 1.165) is 55.5 Å². The minimum Gasteiger partial charge on any atom is -0.355 e. The summed E-state index contributed by atoms with van der Waals surface area (Å²) in [7, 11) is 0. The van der Waals surface area contributed by atoms with Crippen LogP contribution in [0, 0.1) is 31.1 Å². The first kappa shape index (κ1) is 16.1. The molecule has 2 fully saturated rings. The van der Waals surface area contributed by atoms with Crippen LogP contribution in [-0.4, -0.2) is 27.6 Å². The summed E-state index contributed by atoms with van der Waals surface area (Å²) >= 11 is 0. The van der Waals surface area contributed by atoms with Crippen molar-refractivity contribution in [3.8, 4) is 6.07 Å². The number of aryl methyl sites for hydroxylation is 2. The van der Waals surface area contributed by atoms with Gasteiger partial charge in [-0.15, -0.1) is 0 Å². The van der Waals surface area contributed by atoms with Crippen LogP contribution in [0.1, 0.15) is 54.2 Å². The van der Waals surface area contributed by atoms with E-state index in [4.69, 9.17) is 4.98 Å². The van der Waals surface area contributed by atoms with E-state index in [1.54, 1.807) is 0 Å². The number of rotatable bonds is 4. The van der Waals surface area contributed by atoms with Crippen LogP contribution >= 0.6 is 0 Å². The van der Waals surface area contributed by atoms with Crippen molar-refractivity contribution in [1.29, 1.82) is 5.26 Å². The Balaban J connectivity index is 1.60. The maximum absolute atomic E-state index is 9.59. The number of hydrogen-bond donors (Lipinski definition) is 0. The van der Waals surface area contributed by atoms with Crippen LogP contribution in [0.3, 0.4) is 0 Å². The first-order valence-corrected chi connectivity index (χ1v) is 9.30. The Hall–Kier alpha value is -2.35. The standard InChI is InChI=1S/C20H25N5/c1-14-10-15(2)23-20(18(14)11-21)24-8-3-4-17(13-24)19-22-7-9-25(19)12-16-5-6-16/h7,9-10,16-17H,3-6,8,12-13H2,1-2H3. The van der Waals surface area contributed by atoms with E-state index in [1.807, 2.05) is 26.1 Å². The van der Waals surface area contributed by atoms with E-state index >= 15 is 0 Å². The molecule has 0 bridgehead atoms. The van der Waals surface area contributed by atoms with Crippen LogP contribution in [-0.2, 0) is 6.54 Å². The molecule has 0 amide bonds. The highest BCUT2D eigenvalue weighted by Crippen LogP contribution is 2.34. The normalized spacial score (nSPS) is 20.5. The second kappa shape index (κ2) is 6.51. The molecule has 1 unspecified atom stereocenters. The van der Waals surface area contributed by atoms with Crippen molar-refractivity contribution >= 4 is 5.82 Å². The summed E-state index contributed by atoms with van der Waals surface area (Å²) in [4.78, 5) is 11.7. The summed E-state index contributed by atoms with van der Waals surface area (Å²) in [6, 6.07) is 4.35. The SMILES string of the molecule is Cc1cc(C)c(C#N)c(N2CCCC(c3nccn3CC3CC3)C2)n1. The van der Waals surface area contributed by atoms with Crippen molar-refractivity contribution in [1.82, 2.24) is 14.5 Å². The number of aromatic nitrogens is 3. The molecule has 0 N–H and O–H groups in total. The van der Waals surface area contributed by atoms with E-state index in [9.17, 15) is 5.26 Å². The molecule has 2 aliphatic rings. The summed E-state index contributed by atoms with van der Waals surface area (Å²) in [5.41, 5.74) is 2.71. The van der Waals surface area contributed by atoms with E-state index in [2.05, 4.69) is 26.7 Å². The Morgan fingerprint density at radius 3 is 2.88 bits per heavy atom. The molecule has 1 aliphatic heterocycles. The van der Waals surface area contributed by atoms with Crippen LogP contribution < -0.4 is 4.90 Å². The fraction of sp³-hybridized carbons (Fsp3) is 0.550. The Kier molecular flexibility index (Phi) is 4.20. The highest BCUT2D eigenvalue weighted by Gasteiger charge is 2.29. The summed E-state index contributed by atoms with van der Waals surface area (Å²) in [6.07, 6.45) is 9.04. The zero-order valence-electron chi connectivity index (χ0n) is 15.1. The van der Waals surface area contributed by atoms with Gasteiger partial charge in [-0.3, -0.25) is 0 Å². The van der Waals surface area contributed by atoms with Gasteiger partial charge in [-0.25, -0.2) is 9.97 Å². The Morgan fingerprint density at radius 2 is 2.12 bits per heavy atom. The number of piperidine rings is 1. The molecule has 0 radical (unpaired) electrons. The first-order chi connectivity index (χ1) is 12.2. The smallest absolute Gasteiger partial charge is 0.147 e. The summed E-state index contributed by atoms with van der Waals surface area (Å²) in [5, 5.41) is 9.59. The lowest BCUT2D eigenvalue weighted by molar-refractivity contribution is 0.461. The van der Waals surface area contributed by atoms with Gasteiger partial charge in [0.1, 0.15) is 17.7 Å². The topological polar surface area (TPSA) is 57.7 Å². The molecule has 2 aromatic heterocycles. The van der Waals surface area contributed by atoms with Crippen molar-refractivity contribution in [3.05, 3.63) is 41.1 Å². The third-order valence-corrected chi connectivity index (χ3v) is 5.42. The second-order valence-electron chi connectivity index (χ2n) is 7.56. The van der Waals surface area contributed by atoms with Crippen LogP contribution in [0.4, 0.5) is 5.82 Å². The number of imidazole rings is 1. The summed E-state index contributed by atoms with van der Waals surface area (Å²) in [6.45, 7) is 6.97. The number of nitriles is 1. The number of anilines is 1. The maximum Gasteiger partial charge on any atom is 0.147 e. The number of pyridine rings is 1. The zero-order chi connectivity index (χ0) is 17.4. The minimum absolute atomic E-state index is 0.414. The van der Waals surface area contributed by atoms with Crippen LogP contribution in [0.25, 0.3) is 0 Å². The van der Waals surface area contributed by atoms with Crippen molar-refractivity contribution < 1.29 is 0 Å². The van der Waals surface area contributed by atoms with Gasteiger partial charge in [0.25, 0.3) is 0 Å². The molecule has 0 aromatic carbocycles. The van der Waals surface area contributed by atoms with E-state index < -0.39 is 0 Å². The second-order valence-corrected chi connectivity index (χ2v) is 7.56. The largest absolute Gasteiger partial charge is 0.355 e. The van der Waals surface area contributed by atoms with E-state index in [1.165, 1.54) is 18.7 Å². The molecule has 130 valence electrons. The Labute approximate surface area is 149 Å². The summed E-state index contributed by atoms with van der Waals surface area (Å²) < 4.78 is 2.35. The highest BCUT2D eigenvalue weighted by atomic mass is 15.2. The van der Waals surface area contributed by atoms with Gasteiger partial charge in [0.2, 0.25) is 0 Å². The molecule has 3 heterocycles. The monoisotopic (exact) mass is 335 g/mol. The highest BCUT2D eigenvalue weighted by molar-refractivity contribution is 5.58. The molecule has 5 nitrogen and oxygen atoms in total.